The summed E-state index contributed by atoms with van der Waals surface area (Å²) >= 11 is 1.38. The van der Waals surface area contributed by atoms with Crippen molar-refractivity contribution in [3.63, 3.8) is 0 Å². The third-order valence-electron chi connectivity index (χ3n) is 3.06. The number of hydrogen-bond acceptors (Lipinski definition) is 6. The molecule has 0 aliphatic heterocycles. The summed E-state index contributed by atoms with van der Waals surface area (Å²) in [5, 5.41) is 16.3. The summed E-state index contributed by atoms with van der Waals surface area (Å²) in [6, 6.07) is 9.26. The second-order valence-corrected chi connectivity index (χ2v) is 5.81. The monoisotopic (exact) mass is 328 g/mol. The van der Waals surface area contributed by atoms with Gasteiger partial charge in [0.15, 0.2) is 5.65 Å². The van der Waals surface area contributed by atoms with Gasteiger partial charge in [0.05, 0.1) is 5.75 Å². The normalized spacial score (nSPS) is 10.8. The Balaban J connectivity index is 1.80. The molecule has 7 nitrogen and oxygen atoms in total. The van der Waals surface area contributed by atoms with Gasteiger partial charge in [-0.15, -0.1) is 10.2 Å². The van der Waals surface area contributed by atoms with Crippen molar-refractivity contribution >= 4 is 23.3 Å². The van der Waals surface area contributed by atoms with E-state index in [0.29, 0.717) is 29.5 Å². The molecule has 23 heavy (non-hydrogen) atoms. The van der Waals surface area contributed by atoms with Crippen LogP contribution in [0.25, 0.3) is 17.2 Å². The summed E-state index contributed by atoms with van der Waals surface area (Å²) in [6.45, 7) is 2.72. The van der Waals surface area contributed by atoms with Gasteiger partial charge in [0.2, 0.25) is 11.7 Å². The number of hydrogen-bond donors (Lipinski definition) is 1. The molecule has 0 aromatic carbocycles. The van der Waals surface area contributed by atoms with Gasteiger partial charge in [-0.3, -0.25) is 9.78 Å². The van der Waals surface area contributed by atoms with Crippen LogP contribution < -0.4 is 5.32 Å². The second kappa shape index (κ2) is 7.19. The molecule has 0 unspecified atom stereocenters. The Labute approximate surface area is 137 Å². The van der Waals surface area contributed by atoms with Crippen LogP contribution in [0.2, 0.25) is 0 Å². The molecule has 0 aliphatic carbocycles. The highest BCUT2D eigenvalue weighted by Gasteiger charge is 2.11. The van der Waals surface area contributed by atoms with E-state index < -0.39 is 0 Å². The molecule has 3 aromatic heterocycles. The minimum atomic E-state index is 0.00690. The Hall–Kier alpha value is -2.48. The molecule has 3 heterocycles. The summed E-state index contributed by atoms with van der Waals surface area (Å²) < 4.78 is 1.65. The van der Waals surface area contributed by atoms with Crippen LogP contribution in [-0.4, -0.2) is 43.0 Å². The van der Waals surface area contributed by atoms with Crippen LogP contribution in [0, 0.1) is 0 Å². The van der Waals surface area contributed by atoms with E-state index in [1.807, 2.05) is 37.3 Å². The van der Waals surface area contributed by atoms with Gasteiger partial charge in [0.1, 0.15) is 10.7 Å². The zero-order valence-corrected chi connectivity index (χ0v) is 13.5. The maximum Gasteiger partial charge on any atom is 0.230 e. The van der Waals surface area contributed by atoms with Gasteiger partial charge in [-0.05, 0) is 30.7 Å². The van der Waals surface area contributed by atoms with E-state index in [2.05, 4.69) is 25.6 Å². The molecule has 0 spiro atoms. The number of aromatic nitrogens is 5. The van der Waals surface area contributed by atoms with E-state index in [0.717, 1.165) is 11.4 Å². The van der Waals surface area contributed by atoms with Crippen LogP contribution in [0.4, 0.5) is 0 Å². The number of nitrogens with zero attached hydrogens (tertiary/aromatic N) is 5. The lowest BCUT2D eigenvalue weighted by atomic mass is 10.3. The van der Waals surface area contributed by atoms with Crippen molar-refractivity contribution in [3.05, 3.63) is 36.5 Å². The number of pyridine rings is 1. The van der Waals surface area contributed by atoms with Gasteiger partial charge in [0.25, 0.3) is 0 Å². The fourth-order valence-corrected chi connectivity index (χ4v) is 2.64. The quantitative estimate of drug-likeness (QED) is 0.695. The molecule has 0 saturated heterocycles. The van der Waals surface area contributed by atoms with Gasteiger partial charge in [-0.25, -0.2) is 0 Å². The number of carbonyl (C=O) groups is 1. The predicted molar refractivity (Wildman–Crippen MR) is 88.0 cm³/mol. The molecule has 0 radical (unpaired) electrons. The van der Waals surface area contributed by atoms with Crippen LogP contribution in [0.15, 0.2) is 41.6 Å². The summed E-state index contributed by atoms with van der Waals surface area (Å²) in [5.74, 6) is 0.922. The van der Waals surface area contributed by atoms with Crippen molar-refractivity contribution in [1.82, 2.24) is 30.1 Å². The zero-order chi connectivity index (χ0) is 16.1. The Bertz CT molecular complexity index is 804. The first-order valence-corrected chi connectivity index (χ1v) is 8.30. The molecule has 0 aliphatic rings. The predicted octanol–water partition coefficient (Wildman–Crippen LogP) is 1.80. The van der Waals surface area contributed by atoms with Gasteiger partial charge >= 0.3 is 0 Å². The molecule has 3 aromatic rings. The van der Waals surface area contributed by atoms with Gasteiger partial charge < -0.3 is 5.32 Å². The SMILES string of the molecule is CCCNC(=O)CSc1ccc2nnc(-c3ccccn3)n2n1. The van der Waals surface area contributed by atoms with E-state index in [9.17, 15) is 4.79 Å². The summed E-state index contributed by atoms with van der Waals surface area (Å²) in [4.78, 5) is 16.0. The topological polar surface area (TPSA) is 85.1 Å². The number of fused-ring (bicyclic) bond motifs is 1. The van der Waals surface area contributed by atoms with E-state index in [-0.39, 0.29) is 5.91 Å². The van der Waals surface area contributed by atoms with Crippen molar-refractivity contribution in [2.75, 3.05) is 12.3 Å². The third kappa shape index (κ3) is 3.65. The molecule has 3 rings (SSSR count). The molecule has 0 bridgehead atoms. The van der Waals surface area contributed by atoms with E-state index >= 15 is 0 Å². The van der Waals surface area contributed by atoms with Gasteiger partial charge in [0, 0.05) is 12.7 Å². The van der Waals surface area contributed by atoms with Gasteiger partial charge in [-0.2, -0.15) is 9.61 Å². The molecule has 118 valence electrons. The Morgan fingerprint density at radius 2 is 2.17 bits per heavy atom. The average molecular weight is 328 g/mol. The molecule has 0 saturated carbocycles. The van der Waals surface area contributed by atoms with E-state index in [1.54, 1.807) is 10.7 Å². The summed E-state index contributed by atoms with van der Waals surface area (Å²) in [7, 11) is 0. The lowest BCUT2D eigenvalue weighted by Crippen LogP contribution is -2.25. The lowest BCUT2D eigenvalue weighted by Gasteiger charge is -2.04. The summed E-state index contributed by atoms with van der Waals surface area (Å²) in [6.07, 6.45) is 2.63. The molecular weight excluding hydrogens is 312 g/mol. The number of amides is 1. The van der Waals surface area contributed by atoms with Crippen molar-refractivity contribution in [2.45, 2.75) is 18.4 Å². The fraction of sp³-hybridized carbons (Fsp3) is 0.267. The van der Waals surface area contributed by atoms with Crippen molar-refractivity contribution < 1.29 is 4.79 Å². The smallest absolute Gasteiger partial charge is 0.230 e. The molecular formula is C15H16N6OS. The number of nitrogens with one attached hydrogen (secondary N) is 1. The maximum absolute atomic E-state index is 11.7. The first kappa shape index (κ1) is 15.4. The second-order valence-electron chi connectivity index (χ2n) is 4.82. The zero-order valence-electron chi connectivity index (χ0n) is 12.6. The maximum atomic E-state index is 11.7. The highest BCUT2D eigenvalue weighted by atomic mass is 32.2. The average Bonchev–Trinajstić information content (AvgIpc) is 3.02. The minimum absolute atomic E-state index is 0.00690. The Morgan fingerprint density at radius 3 is 2.96 bits per heavy atom. The highest BCUT2D eigenvalue weighted by Crippen LogP contribution is 2.19. The lowest BCUT2D eigenvalue weighted by molar-refractivity contribution is -0.118. The van der Waals surface area contributed by atoms with E-state index in [1.165, 1.54) is 11.8 Å². The third-order valence-corrected chi connectivity index (χ3v) is 3.98. The van der Waals surface area contributed by atoms with Crippen LogP contribution in [0.3, 0.4) is 0 Å². The standard InChI is InChI=1S/C15H16N6OS/c1-2-8-17-13(22)10-23-14-7-6-12-18-19-15(21(12)20-14)11-5-3-4-9-16-11/h3-7,9H,2,8,10H2,1H3,(H,17,22). The number of thioether (sulfide) groups is 1. The van der Waals surface area contributed by atoms with Crippen molar-refractivity contribution in [2.24, 2.45) is 0 Å². The van der Waals surface area contributed by atoms with E-state index in [4.69, 9.17) is 0 Å². The number of carbonyl (C=O) groups excluding carboxylic acids is 1. The van der Waals surface area contributed by atoms with Gasteiger partial charge in [-0.1, -0.05) is 24.8 Å². The number of rotatable bonds is 6. The van der Waals surface area contributed by atoms with Crippen LogP contribution in [0.5, 0.6) is 0 Å². The molecule has 0 fully saturated rings. The molecule has 1 N–H and O–H groups in total. The first-order valence-electron chi connectivity index (χ1n) is 7.31. The Kier molecular flexibility index (Phi) is 4.82. The van der Waals surface area contributed by atoms with Crippen LogP contribution in [0.1, 0.15) is 13.3 Å². The van der Waals surface area contributed by atoms with Crippen molar-refractivity contribution in [1.29, 1.82) is 0 Å². The molecule has 8 heteroatoms. The first-order chi connectivity index (χ1) is 11.3. The highest BCUT2D eigenvalue weighted by molar-refractivity contribution is 7.99. The summed E-state index contributed by atoms with van der Waals surface area (Å²) in [5.41, 5.74) is 1.35. The molecule has 0 atom stereocenters. The van der Waals surface area contributed by atoms with Crippen LogP contribution >= 0.6 is 11.8 Å². The van der Waals surface area contributed by atoms with Crippen molar-refractivity contribution in [3.8, 4) is 11.5 Å². The molecule has 1 amide bonds. The largest absolute Gasteiger partial charge is 0.355 e. The minimum Gasteiger partial charge on any atom is -0.355 e. The fourth-order valence-electron chi connectivity index (χ4n) is 1.96. The van der Waals surface area contributed by atoms with Crippen LogP contribution in [-0.2, 0) is 4.79 Å². The Morgan fingerprint density at radius 1 is 1.26 bits per heavy atom.